The van der Waals surface area contributed by atoms with Gasteiger partial charge in [0.25, 0.3) is 5.69 Å². The van der Waals surface area contributed by atoms with Crippen molar-refractivity contribution in [1.29, 1.82) is 0 Å². The first kappa shape index (κ1) is 21.7. The SMILES string of the molecule is CCNC(=NCc1cccc([N+](=O)[O-])c1)NCc1cc(F)ccc1F.I. The van der Waals surface area contributed by atoms with Crippen molar-refractivity contribution in [3.8, 4) is 0 Å². The number of benzene rings is 2. The van der Waals surface area contributed by atoms with Gasteiger partial charge >= 0.3 is 0 Å². The molecule has 0 saturated carbocycles. The van der Waals surface area contributed by atoms with Crippen molar-refractivity contribution in [3.63, 3.8) is 0 Å². The summed E-state index contributed by atoms with van der Waals surface area (Å²) in [6.45, 7) is 2.72. The zero-order chi connectivity index (χ0) is 18.2. The van der Waals surface area contributed by atoms with Crippen LogP contribution in [-0.2, 0) is 13.1 Å². The quantitative estimate of drug-likeness (QED) is 0.219. The third kappa shape index (κ3) is 6.54. The van der Waals surface area contributed by atoms with E-state index in [1.165, 1.54) is 12.1 Å². The van der Waals surface area contributed by atoms with E-state index in [0.29, 0.717) is 18.1 Å². The van der Waals surface area contributed by atoms with Crippen LogP contribution in [0.15, 0.2) is 47.5 Å². The topological polar surface area (TPSA) is 79.6 Å². The van der Waals surface area contributed by atoms with Gasteiger partial charge in [-0.25, -0.2) is 13.8 Å². The number of rotatable bonds is 6. The maximum Gasteiger partial charge on any atom is 0.269 e. The number of aliphatic imine (C=N–C) groups is 1. The Bertz CT molecular complexity index is 787. The minimum atomic E-state index is -0.517. The molecular formula is C17H19F2IN4O2. The van der Waals surface area contributed by atoms with Crippen molar-refractivity contribution in [2.75, 3.05) is 6.54 Å². The summed E-state index contributed by atoms with van der Waals surface area (Å²) < 4.78 is 26.8. The smallest absolute Gasteiger partial charge is 0.269 e. The molecule has 0 aliphatic rings. The lowest BCUT2D eigenvalue weighted by Gasteiger charge is -2.12. The fourth-order valence-corrected chi connectivity index (χ4v) is 2.14. The van der Waals surface area contributed by atoms with Crippen LogP contribution >= 0.6 is 24.0 Å². The molecule has 0 bridgehead atoms. The van der Waals surface area contributed by atoms with Gasteiger partial charge in [-0.3, -0.25) is 10.1 Å². The molecule has 0 fully saturated rings. The van der Waals surface area contributed by atoms with Crippen molar-refractivity contribution < 1.29 is 13.7 Å². The van der Waals surface area contributed by atoms with Gasteiger partial charge in [-0.05, 0) is 30.7 Å². The van der Waals surface area contributed by atoms with Crippen molar-refractivity contribution in [2.45, 2.75) is 20.0 Å². The number of hydrogen-bond acceptors (Lipinski definition) is 3. The third-order valence-corrected chi connectivity index (χ3v) is 3.34. The summed E-state index contributed by atoms with van der Waals surface area (Å²) in [7, 11) is 0. The largest absolute Gasteiger partial charge is 0.357 e. The molecule has 9 heteroatoms. The van der Waals surface area contributed by atoms with Gasteiger partial charge in [0.2, 0.25) is 0 Å². The number of hydrogen-bond donors (Lipinski definition) is 2. The summed E-state index contributed by atoms with van der Waals surface area (Å²) in [5.74, 6) is -0.627. The Morgan fingerprint density at radius 2 is 1.96 bits per heavy atom. The van der Waals surface area contributed by atoms with E-state index in [1.54, 1.807) is 12.1 Å². The van der Waals surface area contributed by atoms with Gasteiger partial charge in [0, 0.05) is 30.8 Å². The Hall–Kier alpha value is -2.30. The van der Waals surface area contributed by atoms with Crippen molar-refractivity contribution in [3.05, 3.63) is 75.3 Å². The molecule has 140 valence electrons. The highest BCUT2D eigenvalue weighted by Crippen LogP contribution is 2.14. The number of guanidine groups is 1. The summed E-state index contributed by atoms with van der Waals surface area (Å²) in [6.07, 6.45) is 0. The van der Waals surface area contributed by atoms with Crippen molar-refractivity contribution in [2.24, 2.45) is 4.99 Å². The maximum atomic E-state index is 13.6. The fourth-order valence-electron chi connectivity index (χ4n) is 2.14. The van der Waals surface area contributed by atoms with Crippen LogP contribution in [0.25, 0.3) is 0 Å². The third-order valence-electron chi connectivity index (χ3n) is 3.34. The van der Waals surface area contributed by atoms with Crippen molar-refractivity contribution >= 4 is 35.6 Å². The second kappa shape index (κ2) is 10.6. The first-order valence-corrected chi connectivity index (χ1v) is 7.69. The van der Waals surface area contributed by atoms with E-state index in [-0.39, 0.29) is 48.3 Å². The Balaban J connectivity index is 0.00000338. The molecule has 0 radical (unpaired) electrons. The molecule has 0 spiro atoms. The Kier molecular flexibility index (Phi) is 8.90. The number of non-ortho nitro benzene ring substituents is 1. The molecule has 0 aliphatic carbocycles. The van der Waals surface area contributed by atoms with Crippen LogP contribution in [0, 0.1) is 21.7 Å². The van der Waals surface area contributed by atoms with Gasteiger partial charge < -0.3 is 10.6 Å². The van der Waals surface area contributed by atoms with Crippen LogP contribution in [-0.4, -0.2) is 17.4 Å². The van der Waals surface area contributed by atoms with E-state index in [0.717, 1.165) is 18.2 Å². The van der Waals surface area contributed by atoms with Crippen LogP contribution in [0.1, 0.15) is 18.1 Å². The summed E-state index contributed by atoms with van der Waals surface area (Å²) in [6, 6.07) is 9.41. The highest BCUT2D eigenvalue weighted by atomic mass is 127. The summed E-state index contributed by atoms with van der Waals surface area (Å²) in [5, 5.41) is 16.7. The highest BCUT2D eigenvalue weighted by molar-refractivity contribution is 14.0. The lowest BCUT2D eigenvalue weighted by molar-refractivity contribution is -0.384. The molecule has 0 amide bonds. The summed E-state index contributed by atoms with van der Waals surface area (Å²) >= 11 is 0. The average Bonchev–Trinajstić information content (AvgIpc) is 2.60. The van der Waals surface area contributed by atoms with Crippen LogP contribution < -0.4 is 10.6 Å². The van der Waals surface area contributed by atoms with Crippen LogP contribution in [0.5, 0.6) is 0 Å². The molecule has 26 heavy (non-hydrogen) atoms. The van der Waals surface area contributed by atoms with Crippen LogP contribution in [0.2, 0.25) is 0 Å². The molecule has 2 aromatic carbocycles. The minimum absolute atomic E-state index is 0. The number of nitro benzene ring substituents is 1. The number of nitro groups is 1. The van der Waals surface area contributed by atoms with E-state index < -0.39 is 16.6 Å². The zero-order valence-corrected chi connectivity index (χ0v) is 16.4. The molecule has 2 rings (SSSR count). The molecule has 0 aliphatic heterocycles. The lowest BCUT2D eigenvalue weighted by atomic mass is 10.2. The molecule has 6 nitrogen and oxygen atoms in total. The second-order valence-electron chi connectivity index (χ2n) is 5.21. The highest BCUT2D eigenvalue weighted by Gasteiger charge is 2.07. The Morgan fingerprint density at radius 1 is 1.19 bits per heavy atom. The maximum absolute atomic E-state index is 13.6. The number of nitrogens with one attached hydrogen (secondary N) is 2. The molecule has 0 saturated heterocycles. The Morgan fingerprint density at radius 3 is 2.65 bits per heavy atom. The monoisotopic (exact) mass is 476 g/mol. The standard InChI is InChI=1S/C17H18F2N4O2.HI/c1-2-20-17(22-11-13-9-14(18)6-7-16(13)19)21-10-12-4-3-5-15(8-12)23(24)25;/h3-9H,2,10-11H2,1H3,(H2,20,21,22);1H. The summed E-state index contributed by atoms with van der Waals surface area (Å²) in [4.78, 5) is 14.6. The molecule has 0 heterocycles. The second-order valence-corrected chi connectivity index (χ2v) is 5.21. The molecule has 0 aromatic heterocycles. The minimum Gasteiger partial charge on any atom is -0.357 e. The van der Waals surface area contributed by atoms with Gasteiger partial charge in [-0.1, -0.05) is 12.1 Å². The van der Waals surface area contributed by atoms with Gasteiger partial charge in [-0.2, -0.15) is 0 Å². The predicted molar refractivity (Wildman–Crippen MR) is 107 cm³/mol. The molecule has 2 N–H and O–H groups in total. The molecular weight excluding hydrogens is 457 g/mol. The van der Waals surface area contributed by atoms with E-state index in [9.17, 15) is 18.9 Å². The van der Waals surface area contributed by atoms with E-state index in [4.69, 9.17) is 0 Å². The van der Waals surface area contributed by atoms with E-state index in [2.05, 4.69) is 15.6 Å². The molecule has 2 aromatic rings. The zero-order valence-electron chi connectivity index (χ0n) is 14.0. The van der Waals surface area contributed by atoms with Crippen molar-refractivity contribution in [1.82, 2.24) is 10.6 Å². The first-order valence-electron chi connectivity index (χ1n) is 7.69. The molecule has 0 unspecified atom stereocenters. The number of halogens is 3. The van der Waals surface area contributed by atoms with Gasteiger partial charge in [0.05, 0.1) is 11.5 Å². The van der Waals surface area contributed by atoms with Gasteiger partial charge in [0.15, 0.2) is 5.96 Å². The normalized spacial score (nSPS) is 10.8. The summed E-state index contributed by atoms with van der Waals surface area (Å²) in [5.41, 5.74) is 0.844. The first-order chi connectivity index (χ1) is 12.0. The van der Waals surface area contributed by atoms with E-state index in [1.807, 2.05) is 6.92 Å². The molecule has 0 atom stereocenters. The average molecular weight is 476 g/mol. The fraction of sp³-hybridized carbons (Fsp3) is 0.235. The van der Waals surface area contributed by atoms with Crippen LogP contribution in [0.4, 0.5) is 14.5 Å². The van der Waals surface area contributed by atoms with E-state index >= 15 is 0 Å². The van der Waals surface area contributed by atoms with Gasteiger partial charge in [-0.15, -0.1) is 24.0 Å². The lowest BCUT2D eigenvalue weighted by Crippen LogP contribution is -2.37. The van der Waals surface area contributed by atoms with Crippen LogP contribution in [0.3, 0.4) is 0 Å². The number of nitrogens with zero attached hydrogens (tertiary/aromatic N) is 2. The predicted octanol–water partition coefficient (Wildman–Crippen LogP) is 3.75. The van der Waals surface area contributed by atoms with Gasteiger partial charge in [0.1, 0.15) is 11.6 Å². The Labute approximate surface area is 166 Å².